The maximum atomic E-state index is 5.69. The fraction of sp³-hybridized carbons (Fsp3) is 0.476. The molecule has 0 saturated carbocycles. The predicted octanol–water partition coefficient (Wildman–Crippen LogP) is 4.21. The molecular weight excluding hydrogens is 376 g/mol. The van der Waals surface area contributed by atoms with Crippen molar-refractivity contribution in [2.45, 2.75) is 25.8 Å². The number of aryl methyl sites for hydroxylation is 1. The van der Waals surface area contributed by atoms with E-state index in [4.69, 9.17) is 21.7 Å². The van der Waals surface area contributed by atoms with Gasteiger partial charge in [-0.15, -0.1) is 0 Å². The van der Waals surface area contributed by atoms with Crippen LogP contribution in [0.3, 0.4) is 0 Å². The van der Waals surface area contributed by atoms with E-state index < -0.39 is 0 Å². The van der Waals surface area contributed by atoms with Crippen LogP contribution in [0.1, 0.15) is 29.5 Å². The van der Waals surface area contributed by atoms with E-state index in [1.54, 1.807) is 25.6 Å². The highest BCUT2D eigenvalue weighted by Crippen LogP contribution is 2.35. The Hall–Kier alpha value is -1.63. The SMILES string of the molecule is COc1cc2c(cc1OC)C(=S)N(CCCN(C)CCCc1ccsc1)C2. The molecule has 27 heavy (non-hydrogen) atoms. The molecule has 1 aromatic heterocycles. The quantitative estimate of drug-likeness (QED) is 0.553. The predicted molar refractivity (Wildman–Crippen MR) is 116 cm³/mol. The number of nitrogens with zero attached hydrogens (tertiary/aromatic N) is 2. The first-order chi connectivity index (χ1) is 13.1. The zero-order valence-corrected chi connectivity index (χ0v) is 18.0. The molecule has 1 aromatic carbocycles. The van der Waals surface area contributed by atoms with Crippen molar-refractivity contribution in [2.75, 3.05) is 40.9 Å². The molecule has 0 N–H and O–H groups in total. The molecule has 0 aliphatic carbocycles. The molecule has 6 heteroatoms. The van der Waals surface area contributed by atoms with Crippen LogP contribution in [-0.2, 0) is 13.0 Å². The van der Waals surface area contributed by atoms with E-state index in [0.717, 1.165) is 54.7 Å². The summed E-state index contributed by atoms with van der Waals surface area (Å²) in [6, 6.07) is 6.28. The molecule has 0 amide bonds. The molecule has 0 radical (unpaired) electrons. The van der Waals surface area contributed by atoms with Gasteiger partial charge >= 0.3 is 0 Å². The zero-order chi connectivity index (χ0) is 19.2. The number of methoxy groups -OCH3 is 2. The lowest BCUT2D eigenvalue weighted by molar-refractivity contribution is 0.303. The number of thiophene rings is 1. The standard InChI is InChI=1S/C21H28N2O2S2/c1-22(8-4-6-16-7-11-27-15-16)9-5-10-23-14-17-12-19(24-2)20(25-3)13-18(17)21(23)26/h7,11-13,15H,4-6,8-10,14H2,1-3H3. The second kappa shape index (κ2) is 9.53. The van der Waals surface area contributed by atoms with Gasteiger partial charge in [-0.25, -0.2) is 0 Å². The van der Waals surface area contributed by atoms with Gasteiger partial charge in [0, 0.05) is 18.7 Å². The Morgan fingerprint density at radius 1 is 1.15 bits per heavy atom. The summed E-state index contributed by atoms with van der Waals surface area (Å²) in [6.45, 7) is 4.06. The number of hydrogen-bond donors (Lipinski definition) is 0. The molecule has 0 spiro atoms. The lowest BCUT2D eigenvalue weighted by Crippen LogP contribution is -2.28. The normalized spacial score (nSPS) is 13.3. The summed E-state index contributed by atoms with van der Waals surface area (Å²) in [5, 5.41) is 4.40. The number of hydrogen-bond acceptors (Lipinski definition) is 5. The van der Waals surface area contributed by atoms with Gasteiger partial charge in [0.05, 0.1) is 14.2 Å². The van der Waals surface area contributed by atoms with Crippen LogP contribution in [-0.4, -0.2) is 55.7 Å². The summed E-state index contributed by atoms with van der Waals surface area (Å²) >= 11 is 7.47. The van der Waals surface area contributed by atoms with Gasteiger partial charge in [-0.3, -0.25) is 0 Å². The average molecular weight is 405 g/mol. The van der Waals surface area contributed by atoms with Crippen molar-refractivity contribution in [2.24, 2.45) is 0 Å². The molecule has 146 valence electrons. The Bertz CT molecular complexity index is 762. The third-order valence-corrected chi connectivity index (χ3v) is 6.25. The van der Waals surface area contributed by atoms with Crippen LogP contribution in [0.4, 0.5) is 0 Å². The second-order valence-electron chi connectivity index (χ2n) is 6.98. The molecule has 0 atom stereocenters. The van der Waals surface area contributed by atoms with Gasteiger partial charge in [-0.1, -0.05) is 12.2 Å². The summed E-state index contributed by atoms with van der Waals surface area (Å²) in [6.07, 6.45) is 3.49. The Balaban J connectivity index is 1.44. The van der Waals surface area contributed by atoms with E-state index in [1.165, 1.54) is 24.0 Å². The Morgan fingerprint density at radius 3 is 2.59 bits per heavy atom. The molecular formula is C21H28N2O2S2. The summed E-state index contributed by atoms with van der Waals surface area (Å²) in [5.74, 6) is 1.51. The zero-order valence-electron chi connectivity index (χ0n) is 16.4. The minimum Gasteiger partial charge on any atom is -0.493 e. The molecule has 1 aliphatic rings. The van der Waals surface area contributed by atoms with Crippen molar-refractivity contribution in [3.8, 4) is 11.5 Å². The van der Waals surface area contributed by atoms with Crippen LogP contribution in [0.5, 0.6) is 11.5 Å². The van der Waals surface area contributed by atoms with Crippen LogP contribution in [0.25, 0.3) is 0 Å². The number of rotatable bonds is 10. The van der Waals surface area contributed by atoms with Crippen molar-refractivity contribution in [3.63, 3.8) is 0 Å². The molecule has 3 rings (SSSR count). The highest BCUT2D eigenvalue weighted by atomic mass is 32.1. The Labute approximate surface area is 171 Å². The largest absolute Gasteiger partial charge is 0.493 e. The van der Waals surface area contributed by atoms with E-state index in [9.17, 15) is 0 Å². The first-order valence-corrected chi connectivity index (χ1v) is 10.7. The third kappa shape index (κ3) is 5.00. The average Bonchev–Trinajstić information content (AvgIpc) is 3.29. The lowest BCUT2D eigenvalue weighted by Gasteiger charge is -2.21. The maximum Gasteiger partial charge on any atom is 0.161 e. The van der Waals surface area contributed by atoms with Crippen LogP contribution < -0.4 is 9.47 Å². The van der Waals surface area contributed by atoms with E-state index in [-0.39, 0.29) is 0 Å². The fourth-order valence-corrected chi connectivity index (χ4v) is 4.56. The first kappa shape index (κ1) is 20.1. The van der Waals surface area contributed by atoms with Crippen LogP contribution in [0.2, 0.25) is 0 Å². The summed E-state index contributed by atoms with van der Waals surface area (Å²) in [4.78, 5) is 5.63. The fourth-order valence-electron chi connectivity index (χ4n) is 3.51. The van der Waals surface area contributed by atoms with Crippen molar-refractivity contribution >= 4 is 28.5 Å². The Morgan fingerprint density at radius 2 is 1.89 bits per heavy atom. The molecule has 0 bridgehead atoms. The van der Waals surface area contributed by atoms with Crippen molar-refractivity contribution in [1.29, 1.82) is 0 Å². The van der Waals surface area contributed by atoms with E-state index >= 15 is 0 Å². The summed E-state index contributed by atoms with van der Waals surface area (Å²) in [7, 11) is 5.54. The van der Waals surface area contributed by atoms with Gasteiger partial charge in [-0.05, 0) is 79.5 Å². The van der Waals surface area contributed by atoms with E-state index in [2.05, 4.69) is 39.7 Å². The topological polar surface area (TPSA) is 24.9 Å². The van der Waals surface area contributed by atoms with Crippen molar-refractivity contribution in [3.05, 3.63) is 45.6 Å². The summed E-state index contributed by atoms with van der Waals surface area (Å²) < 4.78 is 10.8. The highest BCUT2D eigenvalue weighted by molar-refractivity contribution is 7.80. The molecule has 2 aromatic rings. The smallest absolute Gasteiger partial charge is 0.161 e. The van der Waals surface area contributed by atoms with Crippen LogP contribution >= 0.6 is 23.6 Å². The molecule has 4 nitrogen and oxygen atoms in total. The minimum atomic E-state index is 0.741. The molecule has 1 aliphatic heterocycles. The van der Waals surface area contributed by atoms with Crippen molar-refractivity contribution < 1.29 is 9.47 Å². The molecule has 0 saturated heterocycles. The number of thiocarbonyl (C=S) groups is 1. The van der Waals surface area contributed by atoms with Crippen molar-refractivity contribution in [1.82, 2.24) is 9.80 Å². The van der Waals surface area contributed by atoms with E-state index in [0.29, 0.717) is 0 Å². The number of ether oxygens (including phenoxy) is 2. The number of fused-ring (bicyclic) bond motifs is 1. The number of benzene rings is 1. The monoisotopic (exact) mass is 404 g/mol. The van der Waals surface area contributed by atoms with Gasteiger partial charge in [0.1, 0.15) is 4.99 Å². The van der Waals surface area contributed by atoms with Crippen LogP contribution in [0, 0.1) is 0 Å². The van der Waals surface area contributed by atoms with Gasteiger partial charge < -0.3 is 19.3 Å². The van der Waals surface area contributed by atoms with Crippen LogP contribution in [0.15, 0.2) is 29.0 Å². The maximum absolute atomic E-state index is 5.69. The second-order valence-corrected chi connectivity index (χ2v) is 8.15. The minimum absolute atomic E-state index is 0.741. The van der Waals surface area contributed by atoms with E-state index in [1.807, 2.05) is 6.07 Å². The first-order valence-electron chi connectivity index (χ1n) is 9.36. The Kier molecular flexibility index (Phi) is 7.10. The highest BCUT2D eigenvalue weighted by Gasteiger charge is 2.26. The molecule has 2 heterocycles. The molecule has 0 unspecified atom stereocenters. The van der Waals surface area contributed by atoms with Gasteiger partial charge in [0.2, 0.25) is 0 Å². The van der Waals surface area contributed by atoms with Gasteiger partial charge in [0.15, 0.2) is 11.5 Å². The summed E-state index contributed by atoms with van der Waals surface area (Å²) in [5.41, 5.74) is 3.79. The third-order valence-electron chi connectivity index (χ3n) is 5.04. The van der Waals surface area contributed by atoms with Gasteiger partial charge in [0.25, 0.3) is 0 Å². The lowest BCUT2D eigenvalue weighted by atomic mass is 10.1. The van der Waals surface area contributed by atoms with Gasteiger partial charge in [-0.2, -0.15) is 11.3 Å². The molecule has 0 fully saturated rings.